The van der Waals surface area contributed by atoms with Crippen LogP contribution in [0.2, 0.25) is 0 Å². The lowest BCUT2D eigenvalue weighted by molar-refractivity contribution is 0.146. The molecule has 31 heavy (non-hydrogen) atoms. The Morgan fingerprint density at radius 3 is 2.81 bits per heavy atom. The topological polar surface area (TPSA) is 67.5 Å². The van der Waals surface area contributed by atoms with E-state index in [1.165, 1.54) is 5.56 Å². The first-order valence-electron chi connectivity index (χ1n) is 10.5. The Kier molecular flexibility index (Phi) is 6.92. The van der Waals surface area contributed by atoms with Crippen LogP contribution in [-0.4, -0.2) is 41.7 Å². The number of hydrogen-bond acceptors (Lipinski definition) is 5. The molecule has 0 saturated carbocycles. The normalized spacial score (nSPS) is 14.0. The Morgan fingerprint density at radius 1 is 1.10 bits per heavy atom. The Bertz CT molecular complexity index is 1090. The maximum Gasteiger partial charge on any atom is 0.254 e. The molecule has 0 bridgehead atoms. The van der Waals surface area contributed by atoms with Gasteiger partial charge in [0.1, 0.15) is 18.2 Å². The average molecular weight is 418 g/mol. The summed E-state index contributed by atoms with van der Waals surface area (Å²) in [7, 11) is 1.65. The van der Waals surface area contributed by atoms with Gasteiger partial charge in [0.15, 0.2) is 0 Å². The van der Waals surface area contributed by atoms with Gasteiger partial charge >= 0.3 is 0 Å². The molecule has 1 aromatic heterocycles. The quantitative estimate of drug-likeness (QED) is 0.568. The number of methoxy groups -OCH3 is 1. The lowest BCUT2D eigenvalue weighted by Gasteiger charge is -2.27. The number of rotatable bonds is 8. The summed E-state index contributed by atoms with van der Waals surface area (Å²) in [5.41, 5.74) is 3.86. The Hall–Kier alpha value is -3.22. The molecule has 1 aliphatic heterocycles. The third-order valence-corrected chi connectivity index (χ3v) is 5.27. The van der Waals surface area contributed by atoms with Gasteiger partial charge in [-0.15, -0.1) is 0 Å². The molecule has 0 atom stereocenters. The first-order chi connectivity index (χ1) is 15.2. The third-order valence-electron chi connectivity index (χ3n) is 5.27. The van der Waals surface area contributed by atoms with E-state index in [1.807, 2.05) is 42.5 Å². The smallest absolute Gasteiger partial charge is 0.254 e. The molecule has 0 unspecified atom stereocenters. The molecule has 1 aliphatic rings. The highest BCUT2D eigenvalue weighted by atomic mass is 16.5. The number of aromatic nitrogens is 2. The molecule has 1 N–H and O–H groups in total. The zero-order valence-corrected chi connectivity index (χ0v) is 17.7. The summed E-state index contributed by atoms with van der Waals surface area (Å²) < 4.78 is 10.7. The van der Waals surface area contributed by atoms with Crippen molar-refractivity contribution in [3.05, 3.63) is 93.2 Å². The maximum atomic E-state index is 12.6. The van der Waals surface area contributed by atoms with E-state index in [2.05, 4.69) is 34.1 Å². The van der Waals surface area contributed by atoms with Gasteiger partial charge in [-0.05, 0) is 35.8 Å². The van der Waals surface area contributed by atoms with Gasteiger partial charge in [0.2, 0.25) is 0 Å². The minimum Gasteiger partial charge on any atom is -0.491 e. The van der Waals surface area contributed by atoms with Crippen molar-refractivity contribution in [1.82, 2.24) is 14.9 Å². The molecular weight excluding hydrogens is 390 g/mol. The van der Waals surface area contributed by atoms with Gasteiger partial charge in [-0.25, -0.2) is 4.98 Å². The van der Waals surface area contributed by atoms with E-state index < -0.39 is 0 Å². The van der Waals surface area contributed by atoms with E-state index in [-0.39, 0.29) is 5.56 Å². The molecule has 2 aromatic carbocycles. The van der Waals surface area contributed by atoms with Crippen molar-refractivity contribution in [3.8, 4) is 5.75 Å². The van der Waals surface area contributed by atoms with E-state index in [4.69, 9.17) is 14.5 Å². The molecule has 0 spiro atoms. The predicted molar refractivity (Wildman–Crippen MR) is 122 cm³/mol. The van der Waals surface area contributed by atoms with Crippen molar-refractivity contribution in [3.63, 3.8) is 0 Å². The molecular formula is C25H27N3O3. The van der Waals surface area contributed by atoms with Crippen molar-refractivity contribution in [1.29, 1.82) is 0 Å². The zero-order chi connectivity index (χ0) is 21.5. The van der Waals surface area contributed by atoms with E-state index in [1.54, 1.807) is 7.11 Å². The molecule has 3 aromatic rings. The molecule has 0 amide bonds. The summed E-state index contributed by atoms with van der Waals surface area (Å²) in [5, 5.41) is 0. The highest BCUT2D eigenvalue weighted by Crippen LogP contribution is 2.18. The van der Waals surface area contributed by atoms with Crippen LogP contribution in [0.1, 0.15) is 28.2 Å². The number of nitrogens with one attached hydrogen (secondary N) is 1. The molecule has 6 nitrogen and oxygen atoms in total. The van der Waals surface area contributed by atoms with E-state index in [9.17, 15) is 4.79 Å². The maximum absolute atomic E-state index is 12.6. The van der Waals surface area contributed by atoms with E-state index >= 15 is 0 Å². The number of ether oxygens (including phenoxy) is 2. The summed E-state index contributed by atoms with van der Waals surface area (Å²) in [6, 6.07) is 18.2. The van der Waals surface area contributed by atoms with E-state index in [0.717, 1.165) is 42.1 Å². The van der Waals surface area contributed by atoms with Crippen LogP contribution in [0, 0.1) is 0 Å². The standard InChI is InChI=1S/C25H27N3O3/c1-30-14-15-31-21-9-5-8-19(16-21)10-11-24-26-23-18-28(13-12-22(23)25(29)27-24)17-20-6-3-2-4-7-20/h2-11,16H,12-15,17-18H2,1H3,(H,26,27,29). The summed E-state index contributed by atoms with van der Waals surface area (Å²) >= 11 is 0. The zero-order valence-electron chi connectivity index (χ0n) is 17.7. The van der Waals surface area contributed by atoms with Gasteiger partial charge in [0, 0.05) is 32.3 Å². The van der Waals surface area contributed by atoms with Crippen molar-refractivity contribution in [2.45, 2.75) is 19.5 Å². The largest absolute Gasteiger partial charge is 0.491 e. The second-order valence-electron chi connectivity index (χ2n) is 7.57. The summed E-state index contributed by atoms with van der Waals surface area (Å²) in [6.07, 6.45) is 4.49. The number of aromatic amines is 1. The Labute approximate surface area is 182 Å². The summed E-state index contributed by atoms with van der Waals surface area (Å²) in [4.78, 5) is 22.6. The van der Waals surface area contributed by atoms with Crippen LogP contribution in [0.3, 0.4) is 0 Å². The van der Waals surface area contributed by atoms with Crippen LogP contribution in [0.4, 0.5) is 0 Å². The minimum absolute atomic E-state index is 0.0411. The number of hydrogen-bond donors (Lipinski definition) is 1. The lowest BCUT2D eigenvalue weighted by atomic mass is 10.1. The van der Waals surface area contributed by atoms with Gasteiger partial charge in [-0.2, -0.15) is 0 Å². The second kappa shape index (κ2) is 10.2. The van der Waals surface area contributed by atoms with E-state index in [0.29, 0.717) is 25.6 Å². The molecule has 160 valence electrons. The highest BCUT2D eigenvalue weighted by molar-refractivity contribution is 5.67. The third kappa shape index (κ3) is 5.69. The highest BCUT2D eigenvalue weighted by Gasteiger charge is 2.20. The fourth-order valence-corrected chi connectivity index (χ4v) is 3.69. The predicted octanol–water partition coefficient (Wildman–Crippen LogP) is 3.52. The number of benzene rings is 2. The average Bonchev–Trinajstić information content (AvgIpc) is 2.79. The SMILES string of the molecule is COCCOc1cccc(C=Cc2nc3c(c(=O)[nH]2)CCN(Cc2ccccc2)C3)c1. The number of H-pyrrole nitrogens is 1. The van der Waals surface area contributed by atoms with Gasteiger partial charge in [-0.3, -0.25) is 9.69 Å². The first-order valence-corrected chi connectivity index (χ1v) is 10.5. The summed E-state index contributed by atoms with van der Waals surface area (Å²) in [5.74, 6) is 1.35. The van der Waals surface area contributed by atoms with Crippen LogP contribution in [0.15, 0.2) is 59.4 Å². The molecule has 6 heteroatoms. The van der Waals surface area contributed by atoms with Crippen molar-refractivity contribution in [2.75, 3.05) is 26.9 Å². The van der Waals surface area contributed by atoms with Crippen molar-refractivity contribution < 1.29 is 9.47 Å². The molecule has 2 heterocycles. The van der Waals surface area contributed by atoms with Crippen LogP contribution in [0.25, 0.3) is 12.2 Å². The summed E-state index contributed by atoms with van der Waals surface area (Å²) in [6.45, 7) is 3.44. The Morgan fingerprint density at radius 2 is 1.97 bits per heavy atom. The molecule has 0 saturated heterocycles. The van der Waals surface area contributed by atoms with Crippen molar-refractivity contribution in [2.24, 2.45) is 0 Å². The fraction of sp³-hybridized carbons (Fsp3) is 0.280. The fourth-order valence-electron chi connectivity index (χ4n) is 3.69. The van der Waals surface area contributed by atoms with Gasteiger partial charge in [-0.1, -0.05) is 48.5 Å². The van der Waals surface area contributed by atoms with Crippen LogP contribution in [0.5, 0.6) is 5.75 Å². The molecule has 0 fully saturated rings. The molecule has 0 radical (unpaired) electrons. The van der Waals surface area contributed by atoms with Gasteiger partial charge < -0.3 is 14.5 Å². The number of nitrogens with zero attached hydrogens (tertiary/aromatic N) is 2. The molecule has 4 rings (SSSR count). The second-order valence-corrected chi connectivity index (χ2v) is 7.57. The van der Waals surface area contributed by atoms with Crippen molar-refractivity contribution >= 4 is 12.2 Å². The number of fused-ring (bicyclic) bond motifs is 1. The first kappa shape index (κ1) is 21.0. The van der Waals surface area contributed by atoms with Gasteiger partial charge in [0.25, 0.3) is 5.56 Å². The Balaban J connectivity index is 1.47. The minimum atomic E-state index is -0.0411. The molecule has 0 aliphatic carbocycles. The lowest BCUT2D eigenvalue weighted by Crippen LogP contribution is -2.35. The van der Waals surface area contributed by atoms with Crippen LogP contribution >= 0.6 is 0 Å². The van der Waals surface area contributed by atoms with Crippen LogP contribution < -0.4 is 10.3 Å². The van der Waals surface area contributed by atoms with Crippen LogP contribution in [-0.2, 0) is 24.2 Å². The monoisotopic (exact) mass is 417 g/mol. The van der Waals surface area contributed by atoms with Gasteiger partial charge in [0.05, 0.1) is 12.3 Å².